The lowest BCUT2D eigenvalue weighted by Gasteiger charge is -2.10. The Morgan fingerprint density at radius 2 is 2.07 bits per heavy atom. The Bertz CT molecular complexity index is 1000. The largest absolute Gasteiger partial charge is 0.487 e. The van der Waals surface area contributed by atoms with Crippen LogP contribution in [0, 0.1) is 0 Å². The summed E-state index contributed by atoms with van der Waals surface area (Å²) in [6.07, 6.45) is 12.3. The topological polar surface area (TPSA) is 52.5 Å². The van der Waals surface area contributed by atoms with Crippen LogP contribution in [0.2, 0.25) is 0 Å². The van der Waals surface area contributed by atoms with Crippen LogP contribution in [0.4, 0.5) is 0 Å². The number of hydrogen-bond donors (Lipinski definition) is 0. The third-order valence-corrected chi connectivity index (χ3v) is 5.50. The minimum absolute atomic E-state index is 0.0496. The summed E-state index contributed by atoms with van der Waals surface area (Å²) in [6, 6.07) is 14.6. The van der Waals surface area contributed by atoms with Gasteiger partial charge in [-0.3, -0.25) is 4.98 Å². The zero-order chi connectivity index (χ0) is 19.5. The molecule has 2 aliphatic rings. The van der Waals surface area contributed by atoms with Crippen molar-refractivity contribution in [1.29, 1.82) is 0 Å². The SMILES string of the molecule is C1=C(c2cccc(COc3ccc(-c4ccnn4C4CO4)nc3)c2)CCCCC1. The van der Waals surface area contributed by atoms with Crippen LogP contribution in [-0.4, -0.2) is 21.4 Å². The minimum atomic E-state index is 0.0496. The van der Waals surface area contributed by atoms with E-state index in [0.29, 0.717) is 13.2 Å². The summed E-state index contributed by atoms with van der Waals surface area (Å²) in [5.41, 5.74) is 5.82. The van der Waals surface area contributed by atoms with E-state index in [-0.39, 0.29) is 6.23 Å². The smallest absolute Gasteiger partial charge is 0.174 e. The Morgan fingerprint density at radius 1 is 1.10 bits per heavy atom. The molecule has 2 aromatic heterocycles. The number of benzene rings is 1. The van der Waals surface area contributed by atoms with Crippen LogP contribution in [-0.2, 0) is 11.3 Å². The summed E-state index contributed by atoms with van der Waals surface area (Å²) in [5.74, 6) is 0.765. The van der Waals surface area contributed by atoms with E-state index in [4.69, 9.17) is 9.47 Å². The molecule has 1 unspecified atom stereocenters. The number of epoxide rings is 1. The third-order valence-electron chi connectivity index (χ3n) is 5.50. The third kappa shape index (κ3) is 4.25. The molecule has 0 amide bonds. The second-order valence-electron chi connectivity index (χ2n) is 7.65. The monoisotopic (exact) mass is 387 g/mol. The predicted molar refractivity (Wildman–Crippen MR) is 112 cm³/mol. The molecule has 1 saturated heterocycles. The van der Waals surface area contributed by atoms with Crippen LogP contribution in [0.5, 0.6) is 5.75 Å². The molecule has 1 aliphatic heterocycles. The van der Waals surface area contributed by atoms with Gasteiger partial charge >= 0.3 is 0 Å². The van der Waals surface area contributed by atoms with Crippen molar-refractivity contribution in [2.24, 2.45) is 0 Å². The maximum atomic E-state index is 5.99. The number of rotatable bonds is 6. The van der Waals surface area contributed by atoms with Crippen LogP contribution < -0.4 is 4.74 Å². The molecule has 0 saturated carbocycles. The molecule has 29 heavy (non-hydrogen) atoms. The highest BCUT2D eigenvalue weighted by Crippen LogP contribution is 2.29. The van der Waals surface area contributed by atoms with Crippen molar-refractivity contribution >= 4 is 5.57 Å². The van der Waals surface area contributed by atoms with Crippen molar-refractivity contribution in [1.82, 2.24) is 14.8 Å². The first-order chi connectivity index (χ1) is 14.4. The van der Waals surface area contributed by atoms with Gasteiger partial charge in [-0.2, -0.15) is 5.10 Å². The second kappa shape index (κ2) is 8.21. The van der Waals surface area contributed by atoms with Gasteiger partial charge in [0.1, 0.15) is 12.4 Å². The van der Waals surface area contributed by atoms with E-state index in [1.54, 1.807) is 12.4 Å². The van der Waals surface area contributed by atoms with Gasteiger partial charge in [0, 0.05) is 6.20 Å². The quantitative estimate of drug-likeness (QED) is 0.531. The van der Waals surface area contributed by atoms with Gasteiger partial charge in [-0.05, 0) is 66.6 Å². The highest BCUT2D eigenvalue weighted by molar-refractivity contribution is 5.66. The number of hydrogen-bond acceptors (Lipinski definition) is 4. The molecular weight excluding hydrogens is 362 g/mol. The molecule has 5 heteroatoms. The van der Waals surface area contributed by atoms with Crippen molar-refractivity contribution in [3.63, 3.8) is 0 Å². The molecule has 3 aromatic rings. The lowest BCUT2D eigenvalue weighted by atomic mass is 9.99. The van der Waals surface area contributed by atoms with Gasteiger partial charge in [-0.1, -0.05) is 30.7 Å². The first-order valence-electron chi connectivity index (χ1n) is 10.4. The fraction of sp³-hybridized carbons (Fsp3) is 0.333. The number of nitrogens with zero attached hydrogens (tertiary/aromatic N) is 3. The minimum Gasteiger partial charge on any atom is -0.487 e. The van der Waals surface area contributed by atoms with Crippen molar-refractivity contribution in [2.45, 2.75) is 44.9 Å². The maximum absolute atomic E-state index is 5.99. The van der Waals surface area contributed by atoms with E-state index in [2.05, 4.69) is 40.4 Å². The molecule has 0 N–H and O–H groups in total. The van der Waals surface area contributed by atoms with Gasteiger partial charge in [0.05, 0.1) is 24.2 Å². The lowest BCUT2D eigenvalue weighted by molar-refractivity contribution is 0.305. The fourth-order valence-electron chi connectivity index (χ4n) is 3.85. The van der Waals surface area contributed by atoms with Crippen molar-refractivity contribution in [3.05, 3.63) is 72.1 Å². The molecule has 1 fully saturated rings. The molecule has 1 atom stereocenters. The average molecular weight is 387 g/mol. The van der Waals surface area contributed by atoms with Gasteiger partial charge in [-0.25, -0.2) is 4.68 Å². The van der Waals surface area contributed by atoms with E-state index >= 15 is 0 Å². The van der Waals surface area contributed by atoms with Crippen LogP contribution >= 0.6 is 0 Å². The Kier molecular flexibility index (Phi) is 5.13. The van der Waals surface area contributed by atoms with E-state index in [9.17, 15) is 0 Å². The van der Waals surface area contributed by atoms with Crippen LogP contribution in [0.15, 0.2) is 60.9 Å². The number of allylic oxidation sites excluding steroid dienone is 2. The van der Waals surface area contributed by atoms with Gasteiger partial charge in [-0.15, -0.1) is 0 Å². The number of pyridine rings is 1. The molecule has 1 aliphatic carbocycles. The Morgan fingerprint density at radius 3 is 2.93 bits per heavy atom. The molecule has 0 spiro atoms. The predicted octanol–water partition coefficient (Wildman–Crippen LogP) is 5.40. The summed E-state index contributed by atoms with van der Waals surface area (Å²) in [5, 5.41) is 4.32. The maximum Gasteiger partial charge on any atom is 0.174 e. The molecule has 1 aromatic carbocycles. The number of aromatic nitrogens is 3. The highest BCUT2D eigenvalue weighted by atomic mass is 16.6. The Labute approximate surface area is 171 Å². The standard InChI is InChI=1S/C24H25N3O2/c1-2-4-8-19(7-3-1)20-9-5-6-18(14-20)16-28-21-10-11-22(25-15-21)23-12-13-26-27(23)24-17-29-24/h5-7,9-15,24H,1-4,8,16-17H2. The molecule has 0 radical (unpaired) electrons. The summed E-state index contributed by atoms with van der Waals surface area (Å²) in [7, 11) is 0. The van der Waals surface area contributed by atoms with E-state index in [0.717, 1.165) is 17.1 Å². The zero-order valence-electron chi connectivity index (χ0n) is 16.5. The normalized spacial score (nSPS) is 18.8. The Hall–Kier alpha value is -2.92. The van der Waals surface area contributed by atoms with Crippen LogP contribution in [0.25, 0.3) is 17.0 Å². The van der Waals surface area contributed by atoms with E-state index in [1.807, 2.05) is 22.9 Å². The lowest BCUT2D eigenvalue weighted by Crippen LogP contribution is -2.01. The average Bonchev–Trinajstić information content (AvgIpc) is 3.55. The first-order valence-corrected chi connectivity index (χ1v) is 10.4. The van der Waals surface area contributed by atoms with Crippen molar-refractivity contribution < 1.29 is 9.47 Å². The van der Waals surface area contributed by atoms with Crippen LogP contribution in [0.1, 0.15) is 49.5 Å². The fourth-order valence-corrected chi connectivity index (χ4v) is 3.85. The van der Waals surface area contributed by atoms with E-state index < -0.39 is 0 Å². The molecule has 5 rings (SSSR count). The van der Waals surface area contributed by atoms with Gasteiger partial charge in [0.15, 0.2) is 6.23 Å². The Balaban J connectivity index is 1.25. The van der Waals surface area contributed by atoms with Crippen LogP contribution in [0.3, 0.4) is 0 Å². The molecule has 3 heterocycles. The number of ether oxygens (including phenoxy) is 2. The molecule has 148 valence electrons. The highest BCUT2D eigenvalue weighted by Gasteiger charge is 2.28. The summed E-state index contributed by atoms with van der Waals surface area (Å²) < 4.78 is 13.2. The molecular formula is C24H25N3O2. The van der Waals surface area contributed by atoms with Gasteiger partial charge in [0.2, 0.25) is 0 Å². The second-order valence-corrected chi connectivity index (χ2v) is 7.65. The molecule has 0 bridgehead atoms. The van der Waals surface area contributed by atoms with Gasteiger partial charge in [0.25, 0.3) is 0 Å². The summed E-state index contributed by atoms with van der Waals surface area (Å²) >= 11 is 0. The molecule has 5 nitrogen and oxygen atoms in total. The van der Waals surface area contributed by atoms with E-state index in [1.165, 1.54) is 48.8 Å². The van der Waals surface area contributed by atoms with Crippen molar-refractivity contribution in [2.75, 3.05) is 6.61 Å². The van der Waals surface area contributed by atoms with Crippen molar-refractivity contribution in [3.8, 4) is 17.1 Å². The summed E-state index contributed by atoms with van der Waals surface area (Å²) in [6.45, 7) is 1.25. The first kappa shape index (κ1) is 18.1. The zero-order valence-corrected chi connectivity index (χ0v) is 16.5. The summed E-state index contributed by atoms with van der Waals surface area (Å²) in [4.78, 5) is 4.56. The van der Waals surface area contributed by atoms with Gasteiger partial charge < -0.3 is 9.47 Å².